The van der Waals surface area contributed by atoms with Crippen molar-refractivity contribution in [3.8, 4) is 0 Å². The van der Waals surface area contributed by atoms with Gasteiger partial charge < -0.3 is 25.5 Å². The first-order valence-electron chi connectivity index (χ1n) is 15.7. The van der Waals surface area contributed by atoms with Crippen LogP contribution in [-0.2, 0) is 33.5 Å². The molecule has 3 amide bonds. The summed E-state index contributed by atoms with van der Waals surface area (Å²) in [5, 5.41) is 7.33. The molecule has 0 bridgehead atoms. The number of β-lactam (4-membered cyclic amide) rings is 1. The molecule has 0 unspecified atom stereocenters. The number of alkyl halides is 3. The summed E-state index contributed by atoms with van der Waals surface area (Å²) in [6.07, 6.45) is 2.84. The Balaban J connectivity index is 1.40. The van der Waals surface area contributed by atoms with Gasteiger partial charge in [-0.1, -0.05) is 24.9 Å². The first kappa shape index (κ1) is 35.4. The van der Waals surface area contributed by atoms with Crippen molar-refractivity contribution < 1.29 is 46.7 Å². The van der Waals surface area contributed by atoms with Gasteiger partial charge in [0.05, 0.1) is 0 Å². The molecular weight excluding hydrogens is 677 g/mol. The topological polar surface area (TPSA) is 174 Å². The maximum Gasteiger partial charge on any atom is 0.491 e. The summed E-state index contributed by atoms with van der Waals surface area (Å²) in [4.78, 5) is 77.2. The van der Waals surface area contributed by atoms with Crippen molar-refractivity contribution in [3.05, 3.63) is 34.0 Å². The van der Waals surface area contributed by atoms with E-state index in [0.29, 0.717) is 31.5 Å². The van der Waals surface area contributed by atoms with Crippen molar-refractivity contribution in [1.29, 1.82) is 0 Å². The summed E-state index contributed by atoms with van der Waals surface area (Å²) in [5.74, 6) is -6.41. The fourth-order valence-electron chi connectivity index (χ4n) is 5.85. The molecule has 5 rings (SSSR count). The van der Waals surface area contributed by atoms with Crippen LogP contribution in [0.15, 0.2) is 33.5 Å². The zero-order valence-electron chi connectivity index (χ0n) is 26.0. The summed E-state index contributed by atoms with van der Waals surface area (Å²) in [6.45, 7) is 3.11. The number of allylic oxidation sites excluding steroid dienone is 1. The summed E-state index contributed by atoms with van der Waals surface area (Å²) >= 11 is 2.19. The zero-order valence-corrected chi connectivity index (χ0v) is 27.7. The van der Waals surface area contributed by atoms with Crippen LogP contribution in [0.25, 0.3) is 0 Å². The maximum absolute atomic E-state index is 13.5. The van der Waals surface area contributed by atoms with Crippen molar-refractivity contribution in [3.63, 3.8) is 0 Å². The van der Waals surface area contributed by atoms with Gasteiger partial charge in [-0.05, 0) is 56.6 Å². The van der Waals surface area contributed by atoms with Crippen LogP contribution in [0.2, 0.25) is 0 Å². The smallest absolute Gasteiger partial charge is 0.392 e. The first-order valence-corrected chi connectivity index (χ1v) is 17.6. The number of carbonyl (C=O) groups is 5. The molecule has 2 saturated heterocycles. The summed E-state index contributed by atoms with van der Waals surface area (Å²) < 4.78 is 43.3. The highest BCUT2D eigenvalue weighted by molar-refractivity contribution is 8.00. The third-order valence-electron chi connectivity index (χ3n) is 8.29. The monoisotopic (exact) mass is 712 g/mol. The van der Waals surface area contributed by atoms with Crippen LogP contribution in [0.3, 0.4) is 0 Å². The molecule has 3 fully saturated rings. The number of thiazole rings is 1. The number of nitrogens with zero attached hydrogens (tertiary/aromatic N) is 4. The van der Waals surface area contributed by atoms with E-state index in [-0.39, 0.29) is 39.9 Å². The quantitative estimate of drug-likeness (QED) is 0.0659. The fourth-order valence-corrected chi connectivity index (χ4v) is 7.70. The lowest BCUT2D eigenvalue weighted by molar-refractivity contribution is -0.201. The van der Waals surface area contributed by atoms with Crippen molar-refractivity contribution in [2.24, 2.45) is 5.16 Å². The van der Waals surface area contributed by atoms with Crippen LogP contribution in [-0.4, -0.2) is 92.7 Å². The van der Waals surface area contributed by atoms with E-state index in [4.69, 9.17) is 10.6 Å². The number of esters is 2. The Kier molecular flexibility index (Phi) is 11.1. The summed E-state index contributed by atoms with van der Waals surface area (Å²) in [5.41, 5.74) is 5.43. The Bertz CT molecular complexity index is 1550. The van der Waals surface area contributed by atoms with Crippen LogP contribution in [0.1, 0.15) is 70.4 Å². The van der Waals surface area contributed by atoms with Crippen molar-refractivity contribution in [1.82, 2.24) is 20.1 Å². The van der Waals surface area contributed by atoms with E-state index < -0.39 is 47.0 Å². The molecule has 3 N–H and O–H groups in total. The van der Waals surface area contributed by atoms with Crippen LogP contribution >= 0.6 is 23.1 Å². The largest absolute Gasteiger partial charge is 0.491 e. The number of likely N-dealkylation sites (tertiary alicyclic amines) is 1. The van der Waals surface area contributed by atoms with Crippen LogP contribution in [0.4, 0.5) is 18.3 Å². The van der Waals surface area contributed by atoms with Gasteiger partial charge in [-0.15, -0.1) is 23.1 Å². The van der Waals surface area contributed by atoms with E-state index >= 15 is 0 Å². The van der Waals surface area contributed by atoms with Gasteiger partial charge in [-0.2, -0.15) is 13.2 Å². The standard InChI is InChI=1S/C30H35F3N6O7S2/c1-2-3-6-11-38-12-7-8-16(24(38)41)13-17-14-47-26-21(25(42)39(26)22(17)27(43)45-28(44)30(31,32)33)36-23(40)20(19-15-48-29(34)35-19)37-46-18-9-4-5-10-18/h13,15,18,21,26H,2-12,14H2,1H3,(H2,34,35)(H,36,40)/b16-13+,37-20-/t21-,26-/m1/s1. The molecule has 18 heteroatoms. The van der Waals surface area contributed by atoms with Gasteiger partial charge in [0.15, 0.2) is 10.8 Å². The second kappa shape index (κ2) is 15.1. The SMILES string of the molecule is CCCCCN1CCC/C(=C\C2=C(C(=O)OC(=O)C(F)(F)F)N3C(=O)[C@@H](NC(=O)/C(=N\OC4CCCC4)c4csc(N)n4)[C@H]3SC2)C1=O. The highest BCUT2D eigenvalue weighted by atomic mass is 32.2. The van der Waals surface area contributed by atoms with E-state index in [1.165, 1.54) is 11.5 Å². The molecule has 260 valence electrons. The minimum atomic E-state index is -5.47. The predicted octanol–water partition coefficient (Wildman–Crippen LogP) is 3.41. The van der Waals surface area contributed by atoms with Gasteiger partial charge in [0, 0.05) is 29.8 Å². The number of nitrogens with one attached hydrogen (secondary N) is 1. The number of rotatable bonds is 11. The minimum absolute atomic E-state index is 0.0353. The molecule has 1 aliphatic carbocycles. The second-order valence-corrected chi connectivity index (χ2v) is 13.7. The number of nitrogen functional groups attached to an aromatic ring is 1. The lowest BCUT2D eigenvalue weighted by Crippen LogP contribution is -2.71. The van der Waals surface area contributed by atoms with Gasteiger partial charge in [0.2, 0.25) is 5.91 Å². The van der Waals surface area contributed by atoms with E-state index in [1.54, 1.807) is 4.90 Å². The fraction of sp³-hybridized carbons (Fsp3) is 0.567. The number of oxime groups is 1. The molecule has 4 heterocycles. The molecule has 4 aliphatic rings. The molecule has 3 aliphatic heterocycles. The van der Waals surface area contributed by atoms with Crippen molar-refractivity contribution in [2.45, 2.75) is 88.4 Å². The maximum atomic E-state index is 13.5. The van der Waals surface area contributed by atoms with Crippen LogP contribution in [0.5, 0.6) is 0 Å². The van der Waals surface area contributed by atoms with E-state index in [2.05, 4.69) is 20.2 Å². The lowest BCUT2D eigenvalue weighted by atomic mass is 9.97. The Morgan fingerprint density at radius 1 is 1.19 bits per heavy atom. The number of piperidine rings is 1. The molecule has 0 spiro atoms. The molecule has 1 aromatic rings. The third-order valence-corrected chi connectivity index (χ3v) is 10.3. The Hall–Kier alpha value is -3.93. The number of halogens is 3. The van der Waals surface area contributed by atoms with Gasteiger partial charge in [-0.3, -0.25) is 19.3 Å². The first-order chi connectivity index (χ1) is 22.9. The molecule has 0 radical (unpaired) electrons. The molecule has 1 aromatic heterocycles. The number of amides is 3. The van der Waals surface area contributed by atoms with Gasteiger partial charge in [0.25, 0.3) is 11.8 Å². The Morgan fingerprint density at radius 3 is 2.60 bits per heavy atom. The molecule has 0 aromatic carbocycles. The molecule has 13 nitrogen and oxygen atoms in total. The number of unbranched alkanes of at least 4 members (excludes halogenated alkanes) is 2. The highest BCUT2D eigenvalue weighted by Gasteiger charge is 2.55. The number of hydrogen-bond acceptors (Lipinski definition) is 12. The van der Waals surface area contributed by atoms with Crippen molar-refractivity contribution in [2.75, 3.05) is 24.6 Å². The normalized spacial score (nSPS) is 22.9. The number of hydrogen-bond donors (Lipinski definition) is 2. The minimum Gasteiger partial charge on any atom is -0.392 e. The average molecular weight is 713 g/mol. The Labute approximate surface area is 282 Å². The van der Waals surface area contributed by atoms with E-state index in [0.717, 1.165) is 72.9 Å². The molecule has 48 heavy (non-hydrogen) atoms. The predicted molar refractivity (Wildman–Crippen MR) is 169 cm³/mol. The average Bonchev–Trinajstić information content (AvgIpc) is 3.73. The zero-order chi connectivity index (χ0) is 34.6. The van der Waals surface area contributed by atoms with Crippen LogP contribution < -0.4 is 11.1 Å². The summed E-state index contributed by atoms with van der Waals surface area (Å²) in [6, 6.07) is -1.23. The Morgan fingerprint density at radius 2 is 1.94 bits per heavy atom. The molecular formula is C30H35F3N6O7S2. The van der Waals surface area contributed by atoms with Gasteiger partial charge in [-0.25, -0.2) is 14.6 Å². The highest BCUT2D eigenvalue weighted by Crippen LogP contribution is 2.42. The number of carbonyl (C=O) groups excluding carboxylic acids is 5. The molecule has 1 saturated carbocycles. The molecule has 2 atom stereocenters. The number of ether oxygens (including phenoxy) is 1. The summed E-state index contributed by atoms with van der Waals surface area (Å²) in [7, 11) is 0. The van der Waals surface area contributed by atoms with Crippen molar-refractivity contribution >= 4 is 63.6 Å². The number of thioether (sulfide) groups is 1. The number of fused-ring (bicyclic) bond motifs is 1. The van der Waals surface area contributed by atoms with E-state index in [9.17, 15) is 37.1 Å². The number of aromatic nitrogens is 1. The lowest BCUT2D eigenvalue weighted by Gasteiger charge is -2.49. The van der Waals surface area contributed by atoms with E-state index in [1.807, 2.05) is 6.92 Å². The van der Waals surface area contributed by atoms with Crippen LogP contribution in [0, 0.1) is 0 Å². The van der Waals surface area contributed by atoms with Gasteiger partial charge in [0.1, 0.15) is 28.9 Å². The number of nitrogens with two attached hydrogens (primary N) is 1. The second-order valence-electron chi connectivity index (χ2n) is 11.7. The third kappa shape index (κ3) is 7.85. The number of anilines is 1. The van der Waals surface area contributed by atoms with Gasteiger partial charge >= 0.3 is 18.1 Å².